The van der Waals surface area contributed by atoms with E-state index >= 15 is 0 Å². The SMILES string of the molecule is Cc1cccc(S(=O)(=O)Cc2ccccc2C(=O)Cc2ccc(Cl)c(Cl)c2)c1. The maximum atomic E-state index is 12.8. The van der Waals surface area contributed by atoms with Crippen LogP contribution in [0.25, 0.3) is 0 Å². The fraction of sp³-hybridized carbons (Fsp3) is 0.136. The molecule has 3 aromatic rings. The van der Waals surface area contributed by atoms with Gasteiger partial charge in [-0.15, -0.1) is 0 Å². The van der Waals surface area contributed by atoms with E-state index in [2.05, 4.69) is 0 Å². The normalized spacial score (nSPS) is 11.4. The lowest BCUT2D eigenvalue weighted by atomic mass is 9.99. The van der Waals surface area contributed by atoms with Crippen molar-refractivity contribution in [2.24, 2.45) is 0 Å². The lowest BCUT2D eigenvalue weighted by Crippen LogP contribution is -2.12. The average molecular weight is 433 g/mol. The zero-order valence-corrected chi connectivity index (χ0v) is 17.5. The average Bonchev–Trinajstić information content (AvgIpc) is 2.65. The Hall–Kier alpha value is -2.14. The van der Waals surface area contributed by atoms with Crippen molar-refractivity contribution >= 4 is 38.8 Å². The summed E-state index contributed by atoms with van der Waals surface area (Å²) in [6.07, 6.45) is 0.110. The first-order valence-corrected chi connectivity index (χ1v) is 11.0. The van der Waals surface area contributed by atoms with Crippen molar-refractivity contribution in [1.29, 1.82) is 0 Å². The van der Waals surface area contributed by atoms with E-state index in [-0.39, 0.29) is 22.9 Å². The molecule has 3 nitrogen and oxygen atoms in total. The molecule has 0 atom stereocenters. The maximum Gasteiger partial charge on any atom is 0.182 e. The molecule has 6 heteroatoms. The molecular formula is C22H18Cl2O3S. The highest BCUT2D eigenvalue weighted by molar-refractivity contribution is 7.90. The van der Waals surface area contributed by atoms with Gasteiger partial charge in [0, 0.05) is 12.0 Å². The Morgan fingerprint density at radius 1 is 0.893 bits per heavy atom. The minimum atomic E-state index is -3.57. The molecule has 0 spiro atoms. The van der Waals surface area contributed by atoms with Crippen molar-refractivity contribution in [3.8, 4) is 0 Å². The molecule has 0 fully saturated rings. The van der Waals surface area contributed by atoms with Gasteiger partial charge in [0.25, 0.3) is 0 Å². The van der Waals surface area contributed by atoms with Gasteiger partial charge in [-0.05, 0) is 47.9 Å². The number of ketones is 1. The Balaban J connectivity index is 1.88. The third-order valence-corrected chi connectivity index (χ3v) is 6.76. The summed E-state index contributed by atoms with van der Waals surface area (Å²) in [7, 11) is -3.57. The fourth-order valence-electron chi connectivity index (χ4n) is 2.95. The molecule has 3 rings (SSSR count). The van der Waals surface area contributed by atoms with E-state index < -0.39 is 9.84 Å². The number of rotatable bonds is 6. The van der Waals surface area contributed by atoms with Gasteiger partial charge >= 0.3 is 0 Å². The number of Topliss-reactive ketones (excluding diaryl/α,β-unsaturated/α-hetero) is 1. The Morgan fingerprint density at radius 2 is 1.64 bits per heavy atom. The summed E-state index contributed by atoms with van der Waals surface area (Å²) in [5.41, 5.74) is 2.46. The van der Waals surface area contributed by atoms with Gasteiger partial charge in [-0.1, -0.05) is 65.7 Å². The van der Waals surface area contributed by atoms with Crippen LogP contribution in [-0.2, 0) is 22.0 Å². The second-order valence-corrected chi connectivity index (χ2v) is 9.39. The van der Waals surface area contributed by atoms with Crippen LogP contribution >= 0.6 is 23.2 Å². The second-order valence-electron chi connectivity index (χ2n) is 6.58. The summed E-state index contributed by atoms with van der Waals surface area (Å²) in [5, 5.41) is 0.796. The number of sulfone groups is 1. The Kier molecular flexibility index (Phi) is 6.23. The third-order valence-electron chi connectivity index (χ3n) is 4.36. The second kappa shape index (κ2) is 8.48. The highest BCUT2D eigenvalue weighted by atomic mass is 35.5. The van der Waals surface area contributed by atoms with Crippen LogP contribution in [0, 0.1) is 6.92 Å². The molecule has 0 aliphatic rings. The van der Waals surface area contributed by atoms with Crippen molar-refractivity contribution in [2.75, 3.05) is 0 Å². The van der Waals surface area contributed by atoms with Crippen molar-refractivity contribution in [3.05, 3.63) is 99.0 Å². The molecule has 0 N–H and O–H groups in total. The Labute approximate surface area is 174 Å². The summed E-state index contributed by atoms with van der Waals surface area (Å²) in [4.78, 5) is 13.1. The van der Waals surface area contributed by atoms with Gasteiger partial charge in [0.2, 0.25) is 0 Å². The van der Waals surface area contributed by atoms with Crippen LogP contribution in [-0.4, -0.2) is 14.2 Å². The van der Waals surface area contributed by atoms with Gasteiger partial charge in [-0.2, -0.15) is 0 Å². The number of hydrogen-bond donors (Lipinski definition) is 0. The number of aryl methyl sites for hydroxylation is 1. The lowest BCUT2D eigenvalue weighted by molar-refractivity contribution is 0.0992. The minimum Gasteiger partial charge on any atom is -0.294 e. The highest BCUT2D eigenvalue weighted by Crippen LogP contribution is 2.25. The van der Waals surface area contributed by atoms with E-state index in [1.54, 1.807) is 60.7 Å². The quantitative estimate of drug-likeness (QED) is 0.469. The zero-order valence-electron chi connectivity index (χ0n) is 15.2. The number of carbonyl (C=O) groups excluding carboxylic acids is 1. The van der Waals surface area contributed by atoms with Crippen LogP contribution in [0.2, 0.25) is 10.0 Å². The first-order chi connectivity index (χ1) is 13.3. The van der Waals surface area contributed by atoms with E-state index in [1.165, 1.54) is 0 Å². The van der Waals surface area contributed by atoms with Gasteiger partial charge in [0.05, 0.1) is 20.7 Å². The maximum absolute atomic E-state index is 12.8. The first-order valence-electron chi connectivity index (χ1n) is 8.61. The minimum absolute atomic E-state index is 0.110. The number of benzene rings is 3. The molecule has 0 aliphatic carbocycles. The van der Waals surface area contributed by atoms with Gasteiger partial charge in [-0.3, -0.25) is 4.79 Å². The van der Waals surface area contributed by atoms with Crippen molar-refractivity contribution in [2.45, 2.75) is 24.0 Å². The summed E-state index contributed by atoms with van der Waals surface area (Å²) >= 11 is 11.9. The van der Waals surface area contributed by atoms with E-state index in [1.807, 2.05) is 13.0 Å². The van der Waals surface area contributed by atoms with Crippen LogP contribution < -0.4 is 0 Å². The van der Waals surface area contributed by atoms with Crippen LogP contribution in [0.15, 0.2) is 71.6 Å². The highest BCUT2D eigenvalue weighted by Gasteiger charge is 2.20. The molecule has 3 aromatic carbocycles. The van der Waals surface area contributed by atoms with E-state index in [0.29, 0.717) is 21.2 Å². The van der Waals surface area contributed by atoms with Crippen molar-refractivity contribution < 1.29 is 13.2 Å². The van der Waals surface area contributed by atoms with Crippen LogP contribution in [0.5, 0.6) is 0 Å². The molecule has 0 saturated heterocycles. The van der Waals surface area contributed by atoms with Crippen molar-refractivity contribution in [3.63, 3.8) is 0 Å². The standard InChI is InChI=1S/C22H18Cl2O3S/c1-15-5-4-7-18(11-15)28(26,27)14-17-6-2-3-8-19(17)22(25)13-16-9-10-20(23)21(24)12-16/h2-12H,13-14H2,1H3. The third kappa shape index (κ3) is 4.82. The Bertz CT molecular complexity index is 1140. The first kappa shape index (κ1) is 20.6. The molecule has 28 heavy (non-hydrogen) atoms. The zero-order chi connectivity index (χ0) is 20.3. The number of carbonyl (C=O) groups is 1. The van der Waals surface area contributed by atoms with Crippen LogP contribution in [0.1, 0.15) is 27.0 Å². The predicted molar refractivity (Wildman–Crippen MR) is 113 cm³/mol. The number of halogens is 2. The van der Waals surface area contributed by atoms with E-state index in [0.717, 1.165) is 11.1 Å². The molecule has 0 heterocycles. The smallest absolute Gasteiger partial charge is 0.182 e. The van der Waals surface area contributed by atoms with Crippen LogP contribution in [0.4, 0.5) is 0 Å². The fourth-order valence-corrected chi connectivity index (χ4v) is 4.75. The van der Waals surface area contributed by atoms with E-state index in [9.17, 15) is 13.2 Å². The van der Waals surface area contributed by atoms with Gasteiger partial charge < -0.3 is 0 Å². The molecule has 0 saturated carbocycles. The van der Waals surface area contributed by atoms with Gasteiger partial charge in [-0.25, -0.2) is 8.42 Å². The summed E-state index contributed by atoms with van der Waals surface area (Å²) in [6.45, 7) is 1.84. The van der Waals surface area contributed by atoms with Gasteiger partial charge in [0.1, 0.15) is 0 Å². The molecule has 0 unspecified atom stereocenters. The monoisotopic (exact) mass is 432 g/mol. The largest absolute Gasteiger partial charge is 0.294 e. The summed E-state index contributed by atoms with van der Waals surface area (Å²) < 4.78 is 25.7. The van der Waals surface area contributed by atoms with E-state index in [4.69, 9.17) is 23.2 Å². The topological polar surface area (TPSA) is 51.2 Å². The summed E-state index contributed by atoms with van der Waals surface area (Å²) in [5.74, 6) is -0.409. The molecule has 0 amide bonds. The Morgan fingerprint density at radius 3 is 2.36 bits per heavy atom. The number of hydrogen-bond acceptors (Lipinski definition) is 3. The molecule has 144 valence electrons. The van der Waals surface area contributed by atoms with Crippen LogP contribution in [0.3, 0.4) is 0 Å². The predicted octanol–water partition coefficient (Wildman–Crippen LogP) is 5.70. The molecule has 0 bridgehead atoms. The molecule has 0 aliphatic heterocycles. The molecule has 0 aromatic heterocycles. The molecule has 0 radical (unpaired) electrons. The summed E-state index contributed by atoms with van der Waals surface area (Å²) in [6, 6.07) is 18.6. The van der Waals surface area contributed by atoms with Gasteiger partial charge in [0.15, 0.2) is 15.6 Å². The lowest BCUT2D eigenvalue weighted by Gasteiger charge is -2.11. The van der Waals surface area contributed by atoms with Crippen molar-refractivity contribution in [1.82, 2.24) is 0 Å². The molecular weight excluding hydrogens is 415 g/mol.